The summed E-state index contributed by atoms with van der Waals surface area (Å²) in [5.74, 6) is 0.435. The van der Waals surface area contributed by atoms with Crippen molar-refractivity contribution >= 4 is 22.8 Å². The smallest absolute Gasteiger partial charge is 0.239 e. The average molecular weight is 262 g/mol. The van der Waals surface area contributed by atoms with Crippen molar-refractivity contribution in [3.05, 3.63) is 35.9 Å². The van der Waals surface area contributed by atoms with Gasteiger partial charge in [0.1, 0.15) is 0 Å². The van der Waals surface area contributed by atoms with Crippen LogP contribution in [0.1, 0.15) is 19.4 Å². The van der Waals surface area contributed by atoms with Crippen LogP contribution in [0.5, 0.6) is 0 Å². The first kappa shape index (κ1) is 13.1. The van der Waals surface area contributed by atoms with Crippen LogP contribution in [0.3, 0.4) is 0 Å². The zero-order valence-electron chi connectivity index (χ0n) is 10.7. The summed E-state index contributed by atoms with van der Waals surface area (Å²) in [6, 6.07) is 10.3. The highest BCUT2D eigenvalue weighted by Gasteiger charge is 2.32. The van der Waals surface area contributed by atoms with Crippen LogP contribution in [0, 0.1) is 5.92 Å². The van der Waals surface area contributed by atoms with Crippen molar-refractivity contribution in [2.45, 2.75) is 25.5 Å². The van der Waals surface area contributed by atoms with Crippen LogP contribution in [-0.2, 0) is 11.2 Å². The number of carbonyl (C=O) groups excluding carboxylic acids is 1. The Hall–Kier alpha value is -1.29. The van der Waals surface area contributed by atoms with Crippen LogP contribution in [0.4, 0.5) is 0 Å². The lowest BCUT2D eigenvalue weighted by Gasteiger charge is -2.07. The molecule has 3 nitrogen and oxygen atoms in total. The van der Waals surface area contributed by atoms with E-state index in [9.17, 15) is 4.79 Å². The second-order valence-electron chi connectivity index (χ2n) is 4.69. The van der Waals surface area contributed by atoms with E-state index in [1.54, 1.807) is 11.8 Å². The number of amides is 1. The van der Waals surface area contributed by atoms with Gasteiger partial charge in [0, 0.05) is 6.54 Å². The fraction of sp³-hybridized carbons (Fsp3) is 0.429. The van der Waals surface area contributed by atoms with Crippen molar-refractivity contribution < 1.29 is 4.79 Å². The van der Waals surface area contributed by atoms with Gasteiger partial charge in [-0.1, -0.05) is 55.9 Å². The Kier molecular flexibility index (Phi) is 4.42. The zero-order chi connectivity index (χ0) is 13.0. The number of rotatable bonds is 4. The van der Waals surface area contributed by atoms with Gasteiger partial charge in [-0.05, 0) is 17.9 Å². The quantitative estimate of drug-likeness (QED) is 0.905. The number of aliphatic imine (C=N–C) groups is 1. The monoisotopic (exact) mass is 262 g/mol. The van der Waals surface area contributed by atoms with Gasteiger partial charge < -0.3 is 5.32 Å². The average Bonchev–Trinajstić information content (AvgIpc) is 2.72. The Balaban J connectivity index is 1.86. The lowest BCUT2D eigenvalue weighted by atomic mass is 10.1. The Bertz CT molecular complexity index is 442. The highest BCUT2D eigenvalue weighted by Crippen LogP contribution is 2.25. The third kappa shape index (κ3) is 3.35. The minimum atomic E-state index is 0.0143. The van der Waals surface area contributed by atoms with E-state index in [2.05, 4.69) is 36.3 Å². The summed E-state index contributed by atoms with van der Waals surface area (Å²) in [5, 5.41) is 3.63. The molecule has 0 bridgehead atoms. The normalized spacial score (nSPS) is 21.6. The molecule has 4 heteroatoms. The molecule has 0 radical (unpaired) electrons. The Labute approximate surface area is 112 Å². The maximum atomic E-state index is 11.6. The van der Waals surface area contributed by atoms with Crippen molar-refractivity contribution in [2.75, 3.05) is 6.54 Å². The lowest BCUT2D eigenvalue weighted by molar-refractivity contribution is -0.119. The first-order chi connectivity index (χ1) is 8.66. The minimum Gasteiger partial charge on any atom is -0.304 e. The molecular formula is C14H18N2OS. The van der Waals surface area contributed by atoms with Crippen molar-refractivity contribution in [3.8, 4) is 0 Å². The Morgan fingerprint density at radius 2 is 2.06 bits per heavy atom. The molecule has 0 aromatic heterocycles. The van der Waals surface area contributed by atoms with E-state index in [0.717, 1.165) is 18.1 Å². The highest BCUT2D eigenvalue weighted by molar-refractivity contribution is 8.15. The van der Waals surface area contributed by atoms with E-state index in [1.165, 1.54) is 5.56 Å². The van der Waals surface area contributed by atoms with E-state index in [0.29, 0.717) is 5.92 Å². The molecule has 18 heavy (non-hydrogen) atoms. The summed E-state index contributed by atoms with van der Waals surface area (Å²) in [5.41, 5.74) is 1.27. The molecule has 1 aromatic carbocycles. The molecule has 1 heterocycles. The minimum absolute atomic E-state index is 0.0143. The molecule has 1 unspecified atom stereocenters. The van der Waals surface area contributed by atoms with Gasteiger partial charge in [-0.3, -0.25) is 9.79 Å². The molecular weight excluding hydrogens is 244 g/mol. The number of nitrogens with one attached hydrogen (secondary N) is 1. The maximum absolute atomic E-state index is 11.6. The van der Waals surface area contributed by atoms with Crippen molar-refractivity contribution in [1.29, 1.82) is 0 Å². The summed E-state index contributed by atoms with van der Waals surface area (Å²) in [6.45, 7) is 4.84. The van der Waals surface area contributed by atoms with E-state index in [1.807, 2.05) is 18.2 Å². The van der Waals surface area contributed by atoms with Crippen molar-refractivity contribution in [1.82, 2.24) is 5.32 Å². The number of benzene rings is 1. The van der Waals surface area contributed by atoms with Gasteiger partial charge in [-0.15, -0.1) is 0 Å². The van der Waals surface area contributed by atoms with Gasteiger partial charge in [-0.25, -0.2) is 0 Å². The molecule has 0 spiro atoms. The molecule has 2 rings (SSSR count). The van der Waals surface area contributed by atoms with Crippen molar-refractivity contribution in [2.24, 2.45) is 10.9 Å². The van der Waals surface area contributed by atoms with Crippen LogP contribution in [0.2, 0.25) is 0 Å². The SMILES string of the molecule is CC(C)C1SC(=NCCc2ccccc2)NC1=O. The number of amidine groups is 1. The molecule has 1 atom stereocenters. The van der Waals surface area contributed by atoms with Gasteiger partial charge >= 0.3 is 0 Å². The largest absolute Gasteiger partial charge is 0.304 e. The zero-order valence-corrected chi connectivity index (χ0v) is 11.5. The highest BCUT2D eigenvalue weighted by atomic mass is 32.2. The second-order valence-corrected chi connectivity index (χ2v) is 5.82. The number of carbonyl (C=O) groups is 1. The van der Waals surface area contributed by atoms with E-state index >= 15 is 0 Å². The van der Waals surface area contributed by atoms with Gasteiger partial charge in [-0.2, -0.15) is 0 Å². The third-order valence-electron chi connectivity index (χ3n) is 2.83. The van der Waals surface area contributed by atoms with Gasteiger partial charge in [0.2, 0.25) is 5.91 Å². The summed E-state index contributed by atoms with van der Waals surface area (Å²) >= 11 is 1.55. The summed E-state index contributed by atoms with van der Waals surface area (Å²) < 4.78 is 0. The molecule has 1 fully saturated rings. The number of thioether (sulfide) groups is 1. The standard InChI is InChI=1S/C14H18N2OS/c1-10(2)12-13(17)16-14(18-12)15-9-8-11-6-4-3-5-7-11/h3-7,10,12H,8-9H2,1-2H3,(H,15,16,17). The molecule has 1 N–H and O–H groups in total. The van der Waals surface area contributed by atoms with Crippen LogP contribution in [0.25, 0.3) is 0 Å². The van der Waals surface area contributed by atoms with Gasteiger partial charge in [0.15, 0.2) is 5.17 Å². The topological polar surface area (TPSA) is 41.5 Å². The maximum Gasteiger partial charge on any atom is 0.239 e. The van der Waals surface area contributed by atoms with Crippen LogP contribution in [-0.4, -0.2) is 22.9 Å². The Morgan fingerprint density at radius 1 is 1.33 bits per heavy atom. The molecule has 0 aliphatic carbocycles. The molecule has 96 valence electrons. The summed E-state index contributed by atoms with van der Waals surface area (Å²) in [7, 11) is 0. The summed E-state index contributed by atoms with van der Waals surface area (Å²) in [6.07, 6.45) is 0.910. The van der Waals surface area contributed by atoms with Gasteiger partial charge in [0.25, 0.3) is 0 Å². The molecule has 1 aliphatic rings. The van der Waals surface area contributed by atoms with Crippen LogP contribution in [0.15, 0.2) is 35.3 Å². The predicted molar refractivity (Wildman–Crippen MR) is 76.8 cm³/mol. The lowest BCUT2D eigenvalue weighted by Crippen LogP contribution is -2.27. The number of hydrogen-bond acceptors (Lipinski definition) is 3. The van der Waals surface area contributed by atoms with E-state index in [4.69, 9.17) is 0 Å². The molecule has 1 saturated heterocycles. The van der Waals surface area contributed by atoms with E-state index in [-0.39, 0.29) is 11.2 Å². The fourth-order valence-electron chi connectivity index (χ4n) is 1.83. The predicted octanol–water partition coefficient (Wildman–Crippen LogP) is 2.47. The van der Waals surface area contributed by atoms with Crippen molar-refractivity contribution in [3.63, 3.8) is 0 Å². The first-order valence-corrected chi connectivity index (χ1v) is 7.10. The number of hydrogen-bond donors (Lipinski definition) is 1. The van der Waals surface area contributed by atoms with Crippen LogP contribution >= 0.6 is 11.8 Å². The molecule has 0 saturated carbocycles. The fourth-order valence-corrected chi connectivity index (χ4v) is 2.83. The summed E-state index contributed by atoms with van der Waals surface area (Å²) in [4.78, 5) is 16.1. The van der Waals surface area contributed by atoms with Gasteiger partial charge in [0.05, 0.1) is 5.25 Å². The van der Waals surface area contributed by atoms with Crippen LogP contribution < -0.4 is 5.32 Å². The molecule has 1 aliphatic heterocycles. The Morgan fingerprint density at radius 3 is 2.67 bits per heavy atom. The first-order valence-electron chi connectivity index (χ1n) is 6.22. The van der Waals surface area contributed by atoms with E-state index < -0.39 is 0 Å². The third-order valence-corrected chi connectivity index (χ3v) is 4.30. The second kappa shape index (κ2) is 6.05. The number of nitrogens with zero attached hydrogens (tertiary/aromatic N) is 1. The molecule has 1 amide bonds. The molecule has 1 aromatic rings.